The number of benzene rings is 2. The number of ether oxygens (including phenoxy) is 2. The first kappa shape index (κ1) is 30.3. The molecule has 0 radical (unpaired) electrons. The molecule has 1 aliphatic rings. The monoisotopic (exact) mass is 520 g/mol. The van der Waals surface area contributed by atoms with Gasteiger partial charge in [-0.3, -0.25) is 0 Å². The molecule has 1 saturated carbocycles. The van der Waals surface area contributed by atoms with Crippen molar-refractivity contribution in [1.82, 2.24) is 0 Å². The second-order valence-electron chi connectivity index (χ2n) is 11.4. The van der Waals surface area contributed by atoms with Crippen LogP contribution in [0.5, 0.6) is 11.5 Å². The number of hydrogen-bond acceptors (Lipinski definition) is 3. The van der Waals surface area contributed by atoms with E-state index in [9.17, 15) is 4.79 Å². The van der Waals surface area contributed by atoms with E-state index in [4.69, 9.17) is 9.47 Å². The van der Waals surface area contributed by atoms with E-state index in [2.05, 4.69) is 26.0 Å². The molecule has 0 amide bonds. The molecule has 0 saturated heterocycles. The van der Waals surface area contributed by atoms with Crippen LogP contribution in [-0.4, -0.2) is 12.6 Å². The summed E-state index contributed by atoms with van der Waals surface area (Å²) in [6.45, 7) is 5.24. The smallest absolute Gasteiger partial charge is 0.343 e. The van der Waals surface area contributed by atoms with Crippen molar-refractivity contribution in [2.24, 2.45) is 11.8 Å². The predicted molar refractivity (Wildman–Crippen MR) is 159 cm³/mol. The van der Waals surface area contributed by atoms with Crippen molar-refractivity contribution in [3.63, 3.8) is 0 Å². The highest BCUT2D eigenvalue weighted by atomic mass is 16.5. The molecule has 0 aromatic heterocycles. The van der Waals surface area contributed by atoms with Gasteiger partial charge in [-0.25, -0.2) is 4.79 Å². The molecule has 2 aromatic rings. The molecule has 3 nitrogen and oxygen atoms in total. The zero-order valence-electron chi connectivity index (χ0n) is 24.2. The van der Waals surface area contributed by atoms with Gasteiger partial charge in [0.15, 0.2) is 0 Å². The van der Waals surface area contributed by atoms with Crippen LogP contribution in [0.15, 0.2) is 48.5 Å². The van der Waals surface area contributed by atoms with Crippen molar-refractivity contribution in [2.45, 2.75) is 123 Å². The summed E-state index contributed by atoms with van der Waals surface area (Å²) in [6.07, 6.45) is 22.6. The highest BCUT2D eigenvalue weighted by Crippen LogP contribution is 2.34. The van der Waals surface area contributed by atoms with Gasteiger partial charge in [-0.05, 0) is 73.1 Å². The first-order valence-electron chi connectivity index (χ1n) is 15.7. The van der Waals surface area contributed by atoms with E-state index in [0.29, 0.717) is 11.3 Å². The van der Waals surface area contributed by atoms with Gasteiger partial charge in [-0.2, -0.15) is 0 Å². The summed E-state index contributed by atoms with van der Waals surface area (Å²) in [5.74, 6) is 2.93. The molecule has 2 aromatic carbocycles. The Morgan fingerprint density at radius 1 is 0.658 bits per heavy atom. The Bertz CT molecular complexity index is 878. The van der Waals surface area contributed by atoms with Gasteiger partial charge < -0.3 is 9.47 Å². The maximum Gasteiger partial charge on any atom is 0.343 e. The molecular formula is C35H52O3. The Balaban J connectivity index is 1.31. The standard InChI is InChI=1S/C35H52O3/c1-3-5-7-9-11-13-29-14-16-30(17-15-29)18-19-31-20-24-34(25-21-31)38-35(36)32-22-26-33(27-23-32)37-28-12-10-8-6-4-2/h20-27,29-30H,3-19,28H2,1-2H3. The van der Waals surface area contributed by atoms with Crippen molar-refractivity contribution < 1.29 is 14.3 Å². The van der Waals surface area contributed by atoms with Crippen LogP contribution in [0.1, 0.15) is 133 Å². The maximum absolute atomic E-state index is 12.6. The van der Waals surface area contributed by atoms with Crippen molar-refractivity contribution >= 4 is 5.97 Å². The molecule has 210 valence electrons. The first-order chi connectivity index (χ1) is 18.7. The molecule has 0 heterocycles. The van der Waals surface area contributed by atoms with Crippen LogP contribution in [0.2, 0.25) is 0 Å². The minimum atomic E-state index is -0.328. The lowest BCUT2D eigenvalue weighted by molar-refractivity contribution is 0.0734. The Hall–Kier alpha value is -2.29. The average molecular weight is 521 g/mol. The van der Waals surface area contributed by atoms with Crippen LogP contribution in [0.3, 0.4) is 0 Å². The molecule has 38 heavy (non-hydrogen) atoms. The Kier molecular flexibility index (Phi) is 14.4. The molecule has 0 bridgehead atoms. The SMILES string of the molecule is CCCCCCCOc1ccc(C(=O)Oc2ccc(CCC3CCC(CCCCCCC)CC3)cc2)cc1. The zero-order chi connectivity index (χ0) is 26.8. The van der Waals surface area contributed by atoms with Gasteiger partial charge in [0.05, 0.1) is 12.2 Å². The molecule has 0 N–H and O–H groups in total. The lowest BCUT2D eigenvalue weighted by atomic mass is 9.78. The summed E-state index contributed by atoms with van der Waals surface area (Å²) < 4.78 is 11.4. The molecule has 0 spiro atoms. The fraction of sp³-hybridized carbons (Fsp3) is 0.629. The van der Waals surface area contributed by atoms with E-state index < -0.39 is 0 Å². The molecule has 1 fully saturated rings. The van der Waals surface area contributed by atoms with E-state index in [1.54, 1.807) is 12.1 Å². The third-order valence-corrected chi connectivity index (χ3v) is 8.26. The van der Waals surface area contributed by atoms with E-state index in [-0.39, 0.29) is 5.97 Å². The molecule has 0 atom stereocenters. The van der Waals surface area contributed by atoms with Crippen molar-refractivity contribution in [1.29, 1.82) is 0 Å². The fourth-order valence-corrected chi connectivity index (χ4v) is 5.69. The first-order valence-corrected chi connectivity index (χ1v) is 15.7. The van der Waals surface area contributed by atoms with E-state index in [1.165, 1.54) is 102 Å². The average Bonchev–Trinajstić information content (AvgIpc) is 2.95. The molecular weight excluding hydrogens is 468 g/mol. The summed E-state index contributed by atoms with van der Waals surface area (Å²) in [5.41, 5.74) is 1.87. The molecule has 1 aliphatic carbocycles. The van der Waals surface area contributed by atoms with E-state index in [0.717, 1.165) is 37.0 Å². The lowest BCUT2D eigenvalue weighted by Gasteiger charge is -2.28. The lowest BCUT2D eigenvalue weighted by Crippen LogP contribution is -2.15. The van der Waals surface area contributed by atoms with Gasteiger partial charge in [-0.1, -0.05) is 116 Å². The van der Waals surface area contributed by atoms with Crippen molar-refractivity contribution in [3.8, 4) is 11.5 Å². The van der Waals surface area contributed by atoms with Crippen molar-refractivity contribution in [3.05, 3.63) is 59.7 Å². The third kappa shape index (κ3) is 11.6. The fourth-order valence-electron chi connectivity index (χ4n) is 5.69. The van der Waals surface area contributed by atoms with Crippen LogP contribution < -0.4 is 9.47 Å². The minimum Gasteiger partial charge on any atom is -0.494 e. The number of esters is 1. The number of rotatable bonds is 18. The van der Waals surface area contributed by atoms with Gasteiger partial charge in [0, 0.05) is 0 Å². The normalized spacial score (nSPS) is 17.3. The Morgan fingerprint density at radius 2 is 1.21 bits per heavy atom. The molecule has 3 heteroatoms. The summed E-state index contributed by atoms with van der Waals surface area (Å²) >= 11 is 0. The summed E-state index contributed by atoms with van der Waals surface area (Å²) in [7, 11) is 0. The van der Waals surface area contributed by atoms with Gasteiger partial charge in [0.2, 0.25) is 0 Å². The van der Waals surface area contributed by atoms with Crippen molar-refractivity contribution in [2.75, 3.05) is 6.61 Å². The van der Waals surface area contributed by atoms with Gasteiger partial charge in [0.25, 0.3) is 0 Å². The highest BCUT2D eigenvalue weighted by Gasteiger charge is 2.20. The number of hydrogen-bond donors (Lipinski definition) is 0. The van der Waals surface area contributed by atoms with E-state index >= 15 is 0 Å². The van der Waals surface area contributed by atoms with Crippen LogP contribution >= 0.6 is 0 Å². The summed E-state index contributed by atoms with van der Waals surface area (Å²) in [6, 6.07) is 15.4. The summed E-state index contributed by atoms with van der Waals surface area (Å²) in [5, 5.41) is 0. The molecule has 0 aliphatic heterocycles. The van der Waals surface area contributed by atoms with Crippen LogP contribution in [0.4, 0.5) is 0 Å². The van der Waals surface area contributed by atoms with Gasteiger partial charge >= 0.3 is 5.97 Å². The minimum absolute atomic E-state index is 0.328. The second kappa shape index (κ2) is 18.1. The van der Waals surface area contributed by atoms with Crippen LogP contribution in [-0.2, 0) is 6.42 Å². The second-order valence-corrected chi connectivity index (χ2v) is 11.4. The van der Waals surface area contributed by atoms with E-state index in [1.807, 2.05) is 24.3 Å². The Morgan fingerprint density at radius 3 is 1.84 bits per heavy atom. The molecule has 0 unspecified atom stereocenters. The third-order valence-electron chi connectivity index (χ3n) is 8.26. The zero-order valence-corrected chi connectivity index (χ0v) is 24.2. The largest absolute Gasteiger partial charge is 0.494 e. The predicted octanol–water partition coefficient (Wildman–Crippen LogP) is 10.4. The highest BCUT2D eigenvalue weighted by molar-refractivity contribution is 5.91. The van der Waals surface area contributed by atoms with Crippen LogP contribution in [0.25, 0.3) is 0 Å². The van der Waals surface area contributed by atoms with Crippen LogP contribution in [0, 0.1) is 11.8 Å². The van der Waals surface area contributed by atoms with Gasteiger partial charge in [-0.15, -0.1) is 0 Å². The Labute approximate surface area is 232 Å². The quantitative estimate of drug-likeness (QED) is 0.111. The number of carbonyl (C=O) groups excluding carboxylic acids is 1. The topological polar surface area (TPSA) is 35.5 Å². The van der Waals surface area contributed by atoms with Gasteiger partial charge in [0.1, 0.15) is 11.5 Å². The molecule has 3 rings (SSSR count). The number of carbonyl (C=O) groups is 1. The summed E-state index contributed by atoms with van der Waals surface area (Å²) in [4.78, 5) is 12.6. The number of aryl methyl sites for hydroxylation is 1. The maximum atomic E-state index is 12.6. The number of unbranched alkanes of at least 4 members (excludes halogenated alkanes) is 8.